The molecule has 1 unspecified atom stereocenters. The number of hydrogen-bond acceptors (Lipinski definition) is 7. The number of amides is 1. The third kappa shape index (κ3) is 4.40. The molecule has 200 valence electrons. The number of fused-ring (bicyclic) bond motifs is 2. The summed E-state index contributed by atoms with van der Waals surface area (Å²) in [5.41, 5.74) is 11.6. The van der Waals surface area contributed by atoms with Crippen molar-refractivity contribution >= 4 is 22.8 Å². The Kier molecular flexibility index (Phi) is 5.96. The first-order chi connectivity index (χ1) is 19.0. The van der Waals surface area contributed by atoms with Crippen LogP contribution >= 0.6 is 0 Å². The Morgan fingerprint density at radius 3 is 2.82 bits per heavy atom. The summed E-state index contributed by atoms with van der Waals surface area (Å²) in [5, 5.41) is 0.891. The average Bonchev–Trinajstić information content (AvgIpc) is 3.33. The first-order valence-electron chi connectivity index (χ1n) is 13.8. The number of piperazine rings is 1. The van der Waals surface area contributed by atoms with Gasteiger partial charge in [-0.05, 0) is 60.9 Å². The van der Waals surface area contributed by atoms with Gasteiger partial charge in [0.15, 0.2) is 0 Å². The lowest BCUT2D eigenvalue weighted by molar-refractivity contribution is -0.134. The molecule has 9 nitrogen and oxygen atoms in total. The zero-order valence-electron chi connectivity index (χ0n) is 22.2. The molecule has 3 aliphatic rings. The van der Waals surface area contributed by atoms with E-state index in [0.717, 1.165) is 78.9 Å². The van der Waals surface area contributed by atoms with Crippen LogP contribution in [0.5, 0.6) is 5.75 Å². The van der Waals surface area contributed by atoms with Crippen molar-refractivity contribution in [2.24, 2.45) is 5.92 Å². The van der Waals surface area contributed by atoms with Crippen LogP contribution in [0.1, 0.15) is 42.7 Å². The summed E-state index contributed by atoms with van der Waals surface area (Å²) in [5.74, 6) is 2.18. The van der Waals surface area contributed by atoms with Gasteiger partial charge in [0.1, 0.15) is 29.6 Å². The first-order valence-corrected chi connectivity index (χ1v) is 13.8. The number of carbonyl (C=O) groups is 1. The highest BCUT2D eigenvalue weighted by atomic mass is 16.5. The maximum Gasteiger partial charge on any atom is 0.236 e. The van der Waals surface area contributed by atoms with E-state index in [4.69, 9.17) is 10.5 Å². The zero-order valence-corrected chi connectivity index (χ0v) is 22.2. The molecule has 1 saturated heterocycles. The molecule has 1 atom stereocenters. The Balaban J connectivity index is 1.14. The molecule has 5 heterocycles. The Morgan fingerprint density at radius 2 is 2.00 bits per heavy atom. The van der Waals surface area contributed by atoms with Crippen LogP contribution in [0.25, 0.3) is 22.2 Å². The molecule has 7 rings (SSSR count). The number of likely N-dealkylation sites (N-methyl/N-ethyl adjacent to an activating group) is 1. The molecular formula is C30H33N7O2. The second-order valence-corrected chi connectivity index (χ2v) is 11.2. The highest BCUT2D eigenvalue weighted by Gasteiger charge is 2.35. The molecule has 2 fully saturated rings. The van der Waals surface area contributed by atoms with Crippen LogP contribution in [-0.2, 0) is 11.2 Å². The van der Waals surface area contributed by atoms with Crippen molar-refractivity contribution in [3.8, 4) is 16.9 Å². The quantitative estimate of drug-likeness (QED) is 0.424. The highest BCUT2D eigenvalue weighted by Crippen LogP contribution is 2.44. The molecule has 1 aliphatic carbocycles. The van der Waals surface area contributed by atoms with Crippen molar-refractivity contribution in [2.45, 2.75) is 37.8 Å². The topological polar surface area (TPSA) is 102 Å². The Hall–Kier alpha value is -3.98. The van der Waals surface area contributed by atoms with Crippen molar-refractivity contribution in [1.82, 2.24) is 29.3 Å². The summed E-state index contributed by atoms with van der Waals surface area (Å²) in [6, 6.07) is 12.8. The van der Waals surface area contributed by atoms with Gasteiger partial charge in [0.05, 0.1) is 17.6 Å². The van der Waals surface area contributed by atoms with Crippen molar-refractivity contribution < 1.29 is 9.53 Å². The van der Waals surface area contributed by atoms with E-state index in [0.29, 0.717) is 24.3 Å². The second kappa shape index (κ2) is 9.64. The summed E-state index contributed by atoms with van der Waals surface area (Å²) in [6.07, 6.45) is 9.50. The van der Waals surface area contributed by atoms with Crippen molar-refractivity contribution in [2.75, 3.05) is 39.0 Å². The van der Waals surface area contributed by atoms with Gasteiger partial charge in [-0.3, -0.25) is 14.7 Å². The fourth-order valence-electron chi connectivity index (χ4n) is 6.32. The number of ether oxygens (including phenoxy) is 1. The number of benzene rings is 1. The van der Waals surface area contributed by atoms with Gasteiger partial charge >= 0.3 is 0 Å². The van der Waals surface area contributed by atoms with Gasteiger partial charge in [0.2, 0.25) is 5.91 Å². The van der Waals surface area contributed by atoms with Crippen LogP contribution in [0.3, 0.4) is 0 Å². The van der Waals surface area contributed by atoms with E-state index in [1.54, 1.807) is 6.33 Å². The lowest BCUT2D eigenvalue weighted by atomic mass is 9.79. The van der Waals surface area contributed by atoms with E-state index in [1.165, 1.54) is 5.56 Å². The predicted octanol–water partition coefficient (Wildman–Crippen LogP) is 3.87. The maximum atomic E-state index is 12.1. The van der Waals surface area contributed by atoms with E-state index in [9.17, 15) is 4.79 Å². The number of anilines is 1. The van der Waals surface area contributed by atoms with E-state index in [2.05, 4.69) is 48.8 Å². The van der Waals surface area contributed by atoms with Gasteiger partial charge < -0.3 is 19.9 Å². The van der Waals surface area contributed by atoms with Gasteiger partial charge in [-0.15, -0.1) is 0 Å². The maximum absolute atomic E-state index is 12.1. The number of aromatic nitrogens is 4. The number of nitrogen functional groups attached to an aromatic ring is 1. The molecule has 3 aromatic heterocycles. The molecule has 1 aromatic carbocycles. The highest BCUT2D eigenvalue weighted by molar-refractivity contribution is 6.01. The standard InChI is InChI=1S/C30H33N7O2/c1-35-10-11-36(17-27(35)38)15-19-12-22(13-19)37-16-23(28-29(31)33-18-34-30(28)37)21-6-5-20-7-8-25(39-26(20)14-21)24-4-2-3-9-32-24/h2-6,9,14,16,18-19,22,25H,7-8,10-13,15,17H2,1H3,(H2,31,33,34). The van der Waals surface area contributed by atoms with E-state index in [-0.39, 0.29) is 12.0 Å². The Bertz CT molecular complexity index is 1530. The van der Waals surface area contributed by atoms with Crippen LogP contribution in [0, 0.1) is 5.92 Å². The number of carbonyl (C=O) groups excluding carboxylic acids is 1. The smallest absolute Gasteiger partial charge is 0.236 e. The fourth-order valence-corrected chi connectivity index (χ4v) is 6.32. The van der Waals surface area contributed by atoms with Crippen LogP contribution in [0.15, 0.2) is 55.1 Å². The lowest BCUT2D eigenvalue weighted by Crippen LogP contribution is -2.50. The summed E-state index contributed by atoms with van der Waals surface area (Å²) < 4.78 is 8.73. The minimum Gasteiger partial charge on any atom is -0.484 e. The van der Waals surface area contributed by atoms with Crippen molar-refractivity contribution in [1.29, 1.82) is 0 Å². The monoisotopic (exact) mass is 523 g/mol. The number of aryl methyl sites for hydroxylation is 1. The molecule has 1 amide bonds. The molecule has 4 aromatic rings. The third-order valence-corrected chi connectivity index (χ3v) is 8.64. The van der Waals surface area contributed by atoms with Gasteiger partial charge in [0.25, 0.3) is 0 Å². The van der Waals surface area contributed by atoms with Crippen LogP contribution in [0.2, 0.25) is 0 Å². The molecule has 2 N–H and O–H groups in total. The van der Waals surface area contributed by atoms with Crippen LogP contribution in [0.4, 0.5) is 5.82 Å². The molecule has 39 heavy (non-hydrogen) atoms. The van der Waals surface area contributed by atoms with Crippen LogP contribution in [-0.4, -0.2) is 68.5 Å². The third-order valence-electron chi connectivity index (χ3n) is 8.64. The normalized spacial score (nSPS) is 23.4. The fraction of sp³-hybridized carbons (Fsp3) is 0.400. The molecule has 1 saturated carbocycles. The van der Waals surface area contributed by atoms with Crippen molar-refractivity contribution in [3.05, 3.63) is 66.4 Å². The van der Waals surface area contributed by atoms with Crippen LogP contribution < -0.4 is 10.5 Å². The number of pyridine rings is 1. The number of nitrogens with zero attached hydrogens (tertiary/aromatic N) is 6. The van der Waals surface area contributed by atoms with E-state index in [1.807, 2.05) is 36.3 Å². The summed E-state index contributed by atoms with van der Waals surface area (Å²) in [6.45, 7) is 3.26. The molecule has 0 radical (unpaired) electrons. The molecule has 0 bridgehead atoms. The molecule has 2 aliphatic heterocycles. The summed E-state index contributed by atoms with van der Waals surface area (Å²) >= 11 is 0. The van der Waals surface area contributed by atoms with E-state index >= 15 is 0 Å². The van der Waals surface area contributed by atoms with Gasteiger partial charge in [-0.2, -0.15) is 0 Å². The first kappa shape index (κ1) is 24.1. The second-order valence-electron chi connectivity index (χ2n) is 11.2. The predicted molar refractivity (Wildman–Crippen MR) is 149 cm³/mol. The minimum absolute atomic E-state index is 0.0498. The minimum atomic E-state index is -0.0498. The molecular weight excluding hydrogens is 490 g/mol. The van der Waals surface area contributed by atoms with E-state index < -0.39 is 0 Å². The molecule has 0 spiro atoms. The van der Waals surface area contributed by atoms with Gasteiger partial charge in [-0.25, -0.2) is 9.97 Å². The number of nitrogens with two attached hydrogens (primary N) is 1. The SMILES string of the molecule is CN1CCN(CC2CC(n3cc(-c4ccc5c(c4)OC(c4ccccn4)CC5)c4c(N)ncnc43)C2)CC1=O. The average molecular weight is 524 g/mol. The molecule has 9 heteroatoms. The Morgan fingerprint density at radius 1 is 1.10 bits per heavy atom. The Labute approximate surface area is 227 Å². The zero-order chi connectivity index (χ0) is 26.5. The number of hydrogen-bond donors (Lipinski definition) is 1. The van der Waals surface area contributed by atoms with Crippen molar-refractivity contribution in [3.63, 3.8) is 0 Å². The number of rotatable bonds is 5. The lowest BCUT2D eigenvalue weighted by Gasteiger charge is -2.41. The summed E-state index contributed by atoms with van der Waals surface area (Å²) in [7, 11) is 1.88. The van der Waals surface area contributed by atoms with Gasteiger partial charge in [0, 0.05) is 50.7 Å². The summed E-state index contributed by atoms with van der Waals surface area (Å²) in [4.78, 5) is 29.7. The largest absolute Gasteiger partial charge is 0.484 e. The van der Waals surface area contributed by atoms with Gasteiger partial charge in [-0.1, -0.05) is 18.2 Å².